The maximum atomic E-state index is 10.2. The van der Waals surface area contributed by atoms with Gasteiger partial charge in [0.1, 0.15) is 12.1 Å². The zero-order valence-corrected chi connectivity index (χ0v) is 14.8. The predicted molar refractivity (Wildman–Crippen MR) is 88.3 cm³/mol. The van der Waals surface area contributed by atoms with E-state index in [-0.39, 0.29) is 36.8 Å². The lowest BCUT2D eigenvalue weighted by atomic mass is 10.1. The number of hydrogen-bond acceptors (Lipinski definition) is 6. The van der Waals surface area contributed by atoms with Gasteiger partial charge in [-0.1, -0.05) is 6.92 Å². The summed E-state index contributed by atoms with van der Waals surface area (Å²) in [5.41, 5.74) is 5.52. The first-order valence-corrected chi connectivity index (χ1v) is 8.57. The molecule has 4 atom stereocenters. The Bertz CT molecular complexity index is 433. The molecule has 9 heteroatoms. The van der Waals surface area contributed by atoms with Crippen molar-refractivity contribution in [1.82, 2.24) is 4.90 Å². The zero-order chi connectivity index (χ0) is 17.4. The molecular weight excluding hydrogens is 321 g/mol. The molecule has 0 aromatic carbocycles. The number of rotatable bonds is 9. The average molecular weight is 347 g/mol. The van der Waals surface area contributed by atoms with E-state index in [1.165, 1.54) is 6.08 Å². The SMILES string of the molecule is CC(C)OP(O)OCC1CC(C)C(N(C)/C=C\C(N)=N/C=O)O1. The molecule has 0 bridgehead atoms. The Hall–Kier alpha value is -1.05. The van der Waals surface area contributed by atoms with Crippen LogP contribution in [-0.4, -0.2) is 54.1 Å². The van der Waals surface area contributed by atoms with E-state index in [0.29, 0.717) is 6.41 Å². The number of nitrogens with zero attached hydrogens (tertiary/aromatic N) is 2. The van der Waals surface area contributed by atoms with Gasteiger partial charge in [0.05, 0.1) is 18.8 Å². The molecule has 0 aromatic heterocycles. The van der Waals surface area contributed by atoms with E-state index in [2.05, 4.69) is 11.9 Å². The molecule has 0 spiro atoms. The van der Waals surface area contributed by atoms with Crippen LogP contribution in [0.15, 0.2) is 17.3 Å². The molecular formula is C14H26N3O5P. The molecule has 1 heterocycles. The van der Waals surface area contributed by atoms with Crippen LogP contribution in [0.3, 0.4) is 0 Å². The Morgan fingerprint density at radius 1 is 1.61 bits per heavy atom. The number of aliphatic imine (C=N–C) groups is 1. The molecule has 1 saturated heterocycles. The first-order valence-electron chi connectivity index (χ1n) is 7.44. The summed E-state index contributed by atoms with van der Waals surface area (Å²) >= 11 is 0. The molecule has 132 valence electrons. The van der Waals surface area contributed by atoms with Crippen molar-refractivity contribution in [2.75, 3.05) is 13.7 Å². The van der Waals surface area contributed by atoms with E-state index in [4.69, 9.17) is 19.5 Å². The zero-order valence-electron chi connectivity index (χ0n) is 14.0. The third-order valence-corrected chi connectivity index (χ3v) is 4.18. The van der Waals surface area contributed by atoms with Crippen LogP contribution in [0.25, 0.3) is 0 Å². The van der Waals surface area contributed by atoms with E-state index in [9.17, 15) is 9.69 Å². The Morgan fingerprint density at radius 2 is 2.30 bits per heavy atom. The molecule has 3 N–H and O–H groups in total. The van der Waals surface area contributed by atoms with E-state index >= 15 is 0 Å². The fraction of sp³-hybridized carbons (Fsp3) is 0.714. The fourth-order valence-corrected chi connectivity index (χ4v) is 2.98. The van der Waals surface area contributed by atoms with Gasteiger partial charge in [0.15, 0.2) is 0 Å². The molecule has 0 saturated carbocycles. The van der Waals surface area contributed by atoms with Crippen molar-refractivity contribution < 1.29 is 23.5 Å². The topological polar surface area (TPSA) is 107 Å². The van der Waals surface area contributed by atoms with Crippen LogP contribution in [0, 0.1) is 5.92 Å². The lowest BCUT2D eigenvalue weighted by Gasteiger charge is -2.26. The van der Waals surface area contributed by atoms with Crippen LogP contribution in [-0.2, 0) is 18.6 Å². The number of ether oxygens (including phenoxy) is 1. The van der Waals surface area contributed by atoms with E-state index in [1.54, 1.807) is 6.20 Å². The van der Waals surface area contributed by atoms with E-state index < -0.39 is 8.60 Å². The Kier molecular flexibility index (Phi) is 8.65. The van der Waals surface area contributed by atoms with Crippen molar-refractivity contribution in [1.29, 1.82) is 0 Å². The number of nitrogens with two attached hydrogens (primary N) is 1. The van der Waals surface area contributed by atoms with Crippen LogP contribution in [0.5, 0.6) is 0 Å². The minimum absolute atomic E-state index is 0.0861. The van der Waals surface area contributed by atoms with Crippen LogP contribution in [0.1, 0.15) is 27.2 Å². The second-order valence-electron chi connectivity index (χ2n) is 5.69. The van der Waals surface area contributed by atoms with Crippen LogP contribution in [0.4, 0.5) is 0 Å². The monoisotopic (exact) mass is 347 g/mol. The van der Waals surface area contributed by atoms with Gasteiger partial charge in [0, 0.05) is 19.2 Å². The lowest BCUT2D eigenvalue weighted by Crippen LogP contribution is -2.32. The summed E-state index contributed by atoms with van der Waals surface area (Å²) in [5.74, 6) is 0.410. The smallest absolute Gasteiger partial charge is 0.330 e. The number of carbonyl (C=O) groups is 1. The normalized spacial score (nSPS) is 26.9. The average Bonchev–Trinajstić information content (AvgIpc) is 2.83. The largest absolute Gasteiger partial charge is 0.384 e. The van der Waals surface area contributed by atoms with Gasteiger partial charge in [0.25, 0.3) is 0 Å². The highest BCUT2D eigenvalue weighted by atomic mass is 31.2. The standard InChI is InChI=1S/C14H26N3O5P/c1-10(2)22-23(19)20-8-12-7-11(3)14(21-12)17(4)6-5-13(15)16-9-18/h5-6,9-12,14,19H,7-8H2,1-4H3,(H2,15,16,18)/b6-5-. The third-order valence-electron chi connectivity index (χ3n) is 3.21. The molecule has 23 heavy (non-hydrogen) atoms. The van der Waals surface area contributed by atoms with Crippen LogP contribution >= 0.6 is 8.60 Å². The Balaban J connectivity index is 2.45. The van der Waals surface area contributed by atoms with Crippen molar-refractivity contribution in [3.63, 3.8) is 0 Å². The van der Waals surface area contributed by atoms with Gasteiger partial charge in [-0.05, 0) is 26.3 Å². The molecule has 1 rings (SSSR count). The summed E-state index contributed by atoms with van der Waals surface area (Å²) in [7, 11) is -0.0156. The van der Waals surface area contributed by atoms with Crippen molar-refractivity contribution in [3.05, 3.63) is 12.3 Å². The summed E-state index contributed by atoms with van der Waals surface area (Å²) in [4.78, 5) is 25.1. The predicted octanol–water partition coefficient (Wildman–Crippen LogP) is 1.36. The number of amidine groups is 1. The van der Waals surface area contributed by atoms with E-state index in [1.807, 2.05) is 25.8 Å². The molecule has 4 unspecified atom stereocenters. The van der Waals surface area contributed by atoms with Crippen molar-refractivity contribution in [3.8, 4) is 0 Å². The quantitative estimate of drug-likeness (QED) is 0.281. The van der Waals surface area contributed by atoms with Gasteiger partial charge in [-0.25, -0.2) is 0 Å². The maximum absolute atomic E-state index is 10.2. The van der Waals surface area contributed by atoms with Gasteiger partial charge in [0.2, 0.25) is 6.41 Å². The molecule has 0 aliphatic carbocycles. The van der Waals surface area contributed by atoms with Gasteiger partial charge >= 0.3 is 8.60 Å². The number of carbonyl (C=O) groups excluding carboxylic acids is 1. The molecule has 1 fully saturated rings. The molecule has 1 aliphatic rings. The first-order chi connectivity index (χ1) is 10.8. The van der Waals surface area contributed by atoms with Gasteiger partial charge in [-0.15, -0.1) is 0 Å². The molecule has 8 nitrogen and oxygen atoms in total. The molecule has 0 radical (unpaired) electrons. The van der Waals surface area contributed by atoms with Gasteiger partial charge in [-0.2, -0.15) is 4.99 Å². The number of hydrogen-bond donors (Lipinski definition) is 2. The highest BCUT2D eigenvalue weighted by Gasteiger charge is 2.34. The van der Waals surface area contributed by atoms with Crippen molar-refractivity contribution in [2.45, 2.75) is 45.6 Å². The Labute approximate surface area is 138 Å². The third kappa shape index (κ3) is 7.37. The van der Waals surface area contributed by atoms with Crippen molar-refractivity contribution >= 4 is 20.8 Å². The second kappa shape index (κ2) is 9.95. The van der Waals surface area contributed by atoms with Crippen LogP contribution < -0.4 is 5.73 Å². The highest BCUT2D eigenvalue weighted by molar-refractivity contribution is 7.40. The second-order valence-corrected chi connectivity index (χ2v) is 6.63. The lowest BCUT2D eigenvalue weighted by molar-refractivity contribution is -0.106. The van der Waals surface area contributed by atoms with E-state index in [0.717, 1.165) is 6.42 Å². The molecule has 1 amide bonds. The summed E-state index contributed by atoms with van der Waals surface area (Å²) in [6.45, 7) is 6.02. The first kappa shape index (κ1) is 20.0. The summed E-state index contributed by atoms with van der Waals surface area (Å²) < 4.78 is 16.4. The summed E-state index contributed by atoms with van der Waals surface area (Å²) in [5, 5.41) is 0. The van der Waals surface area contributed by atoms with Crippen molar-refractivity contribution in [2.24, 2.45) is 16.6 Å². The minimum atomic E-state index is -1.87. The highest BCUT2D eigenvalue weighted by Crippen LogP contribution is 2.36. The minimum Gasteiger partial charge on any atom is -0.384 e. The van der Waals surface area contributed by atoms with Gasteiger partial charge in [-0.3, -0.25) is 4.79 Å². The fourth-order valence-electron chi connectivity index (χ4n) is 2.26. The summed E-state index contributed by atoms with van der Waals surface area (Å²) in [6.07, 6.45) is 4.13. The molecule has 0 aromatic rings. The Morgan fingerprint density at radius 3 is 2.91 bits per heavy atom. The summed E-state index contributed by atoms with van der Waals surface area (Å²) in [6, 6.07) is 0. The molecule has 1 aliphatic heterocycles. The van der Waals surface area contributed by atoms with Crippen LogP contribution in [0.2, 0.25) is 0 Å². The maximum Gasteiger partial charge on any atom is 0.330 e. The van der Waals surface area contributed by atoms with Gasteiger partial charge < -0.3 is 29.3 Å². The number of amides is 1.